The number of hydrogen-bond donors (Lipinski definition) is 2. The van der Waals surface area contributed by atoms with Gasteiger partial charge in [-0.1, -0.05) is 48.5 Å². The molecule has 0 unspecified atom stereocenters. The minimum Gasteiger partial charge on any atom is -0.548 e. The molecule has 0 aliphatic heterocycles. The number of benzene rings is 2. The van der Waals surface area contributed by atoms with Gasteiger partial charge in [0, 0.05) is 12.1 Å². The molecule has 5 nitrogen and oxygen atoms in total. The first-order chi connectivity index (χ1) is 11.1. The van der Waals surface area contributed by atoms with E-state index in [1.807, 2.05) is 6.07 Å². The summed E-state index contributed by atoms with van der Waals surface area (Å²) >= 11 is 0. The van der Waals surface area contributed by atoms with Crippen molar-refractivity contribution in [3.8, 4) is 0 Å². The normalized spacial score (nSPS) is 11.5. The van der Waals surface area contributed by atoms with Crippen molar-refractivity contribution < 1.29 is 19.1 Å². The van der Waals surface area contributed by atoms with Crippen molar-refractivity contribution in [3.05, 3.63) is 71.5 Å². The summed E-state index contributed by atoms with van der Waals surface area (Å²) in [5.74, 6) is -1.82. The van der Waals surface area contributed by atoms with E-state index in [0.717, 1.165) is 5.56 Å². The summed E-state index contributed by atoms with van der Waals surface area (Å²) in [5.41, 5.74) is 1.08. The third-order valence-electron chi connectivity index (χ3n) is 3.27. The van der Waals surface area contributed by atoms with Gasteiger partial charge in [0.25, 0.3) is 0 Å². The molecule has 1 atom stereocenters. The van der Waals surface area contributed by atoms with Gasteiger partial charge in [-0.2, -0.15) is 0 Å². The maximum absolute atomic E-state index is 13.4. The summed E-state index contributed by atoms with van der Waals surface area (Å²) in [5, 5.41) is 15.9. The van der Waals surface area contributed by atoms with Crippen LogP contribution in [0, 0.1) is 5.82 Å². The van der Waals surface area contributed by atoms with Crippen molar-refractivity contribution in [1.82, 2.24) is 10.6 Å². The second-order valence-electron chi connectivity index (χ2n) is 4.98. The van der Waals surface area contributed by atoms with Crippen LogP contribution in [0.2, 0.25) is 0 Å². The molecule has 2 aromatic rings. The molecule has 120 valence electrons. The maximum atomic E-state index is 13.4. The van der Waals surface area contributed by atoms with Crippen molar-refractivity contribution in [2.45, 2.75) is 19.0 Å². The number of hydrogen-bond acceptors (Lipinski definition) is 3. The average molecular weight is 315 g/mol. The molecule has 0 fully saturated rings. The van der Waals surface area contributed by atoms with Crippen LogP contribution in [0.25, 0.3) is 0 Å². The number of carbonyl (C=O) groups is 2. The predicted molar refractivity (Wildman–Crippen MR) is 80.7 cm³/mol. The third-order valence-corrected chi connectivity index (χ3v) is 3.27. The zero-order valence-corrected chi connectivity index (χ0v) is 12.3. The number of aliphatic carboxylic acids is 1. The Kier molecular flexibility index (Phi) is 5.68. The molecule has 2 amide bonds. The second-order valence-corrected chi connectivity index (χ2v) is 4.98. The molecule has 0 aliphatic carbocycles. The summed E-state index contributed by atoms with van der Waals surface area (Å²) in [7, 11) is 0. The third kappa shape index (κ3) is 5.10. The fourth-order valence-corrected chi connectivity index (χ4v) is 2.07. The maximum Gasteiger partial charge on any atom is 0.315 e. The highest BCUT2D eigenvalue weighted by Gasteiger charge is 2.14. The van der Waals surface area contributed by atoms with Gasteiger partial charge in [0.15, 0.2) is 0 Å². The molecule has 2 rings (SSSR count). The van der Waals surface area contributed by atoms with Gasteiger partial charge in [0.2, 0.25) is 0 Å². The van der Waals surface area contributed by atoms with Crippen LogP contribution in [-0.4, -0.2) is 18.0 Å². The smallest absolute Gasteiger partial charge is 0.315 e. The number of carbonyl (C=O) groups excluding carboxylic acids is 2. The van der Waals surface area contributed by atoms with Gasteiger partial charge in [-0.25, -0.2) is 9.18 Å². The van der Waals surface area contributed by atoms with E-state index in [1.165, 1.54) is 12.1 Å². The van der Waals surface area contributed by atoms with E-state index < -0.39 is 23.9 Å². The lowest BCUT2D eigenvalue weighted by Gasteiger charge is -2.20. The topological polar surface area (TPSA) is 81.3 Å². The van der Waals surface area contributed by atoms with Crippen molar-refractivity contribution >= 4 is 12.0 Å². The van der Waals surface area contributed by atoms with Gasteiger partial charge in [-0.05, 0) is 18.1 Å². The summed E-state index contributed by atoms with van der Waals surface area (Å²) in [4.78, 5) is 23.0. The van der Waals surface area contributed by atoms with Gasteiger partial charge < -0.3 is 20.5 Å². The van der Waals surface area contributed by atoms with Gasteiger partial charge >= 0.3 is 6.03 Å². The lowest BCUT2D eigenvalue weighted by atomic mass is 10.1. The average Bonchev–Trinajstić information content (AvgIpc) is 2.54. The van der Waals surface area contributed by atoms with Gasteiger partial charge in [0.1, 0.15) is 5.82 Å². The summed E-state index contributed by atoms with van der Waals surface area (Å²) in [6, 6.07) is 13.0. The van der Waals surface area contributed by atoms with Gasteiger partial charge in [0.05, 0.1) is 12.0 Å². The molecule has 2 N–H and O–H groups in total. The molecule has 0 saturated heterocycles. The Morgan fingerprint density at radius 3 is 2.35 bits per heavy atom. The van der Waals surface area contributed by atoms with Crippen molar-refractivity contribution in [2.24, 2.45) is 0 Å². The van der Waals surface area contributed by atoms with Crippen LogP contribution in [-0.2, 0) is 17.8 Å². The molecular weight excluding hydrogens is 299 g/mol. The van der Waals surface area contributed by atoms with Crippen molar-refractivity contribution in [2.75, 3.05) is 0 Å². The van der Waals surface area contributed by atoms with Crippen LogP contribution in [0.1, 0.15) is 11.1 Å². The highest BCUT2D eigenvalue weighted by atomic mass is 19.1. The molecule has 23 heavy (non-hydrogen) atoms. The first-order valence-corrected chi connectivity index (χ1v) is 7.09. The van der Waals surface area contributed by atoms with E-state index in [9.17, 15) is 19.1 Å². The standard InChI is InChI=1S/C17H17FN2O3/c18-14-9-5-4-8-13(14)11-19-17(23)20-15(16(21)22)10-12-6-2-1-3-7-12/h1-9,15H,10-11H2,(H,21,22)(H2,19,20,23)/p-1/t15-/m0/s1. The molecule has 0 aromatic heterocycles. The van der Waals surface area contributed by atoms with Gasteiger partial charge in [-0.3, -0.25) is 0 Å². The van der Waals surface area contributed by atoms with Crippen LogP contribution in [0.15, 0.2) is 54.6 Å². The molecule has 0 heterocycles. The van der Waals surface area contributed by atoms with Crippen LogP contribution < -0.4 is 15.7 Å². The first-order valence-electron chi connectivity index (χ1n) is 7.09. The fourth-order valence-electron chi connectivity index (χ4n) is 2.07. The Morgan fingerprint density at radius 2 is 1.70 bits per heavy atom. The van der Waals surface area contributed by atoms with Gasteiger partial charge in [-0.15, -0.1) is 0 Å². The number of carboxylic acids is 1. The quantitative estimate of drug-likeness (QED) is 0.834. The Morgan fingerprint density at radius 1 is 1.04 bits per heavy atom. The summed E-state index contributed by atoms with van der Waals surface area (Å²) < 4.78 is 13.4. The highest BCUT2D eigenvalue weighted by Crippen LogP contribution is 2.06. The molecule has 0 aliphatic rings. The first kappa shape index (κ1) is 16.5. The molecule has 0 radical (unpaired) electrons. The minimum atomic E-state index is -1.38. The Hall–Kier alpha value is -2.89. The molecule has 0 saturated carbocycles. The van der Waals surface area contributed by atoms with Crippen molar-refractivity contribution in [3.63, 3.8) is 0 Å². The van der Waals surface area contributed by atoms with Crippen molar-refractivity contribution in [1.29, 1.82) is 0 Å². The number of rotatable bonds is 6. The Labute approximate surface area is 133 Å². The lowest BCUT2D eigenvalue weighted by molar-refractivity contribution is -0.308. The number of halogens is 1. The summed E-state index contributed by atoms with van der Waals surface area (Å²) in [6.07, 6.45) is 0.107. The van der Waals surface area contributed by atoms with Crippen LogP contribution in [0.3, 0.4) is 0 Å². The largest absolute Gasteiger partial charge is 0.548 e. The van der Waals surface area contributed by atoms with E-state index in [0.29, 0.717) is 5.56 Å². The molecule has 2 aromatic carbocycles. The summed E-state index contributed by atoms with van der Waals surface area (Å²) in [6.45, 7) is -0.0381. The number of amides is 2. The Balaban J connectivity index is 1.91. The van der Waals surface area contributed by atoms with Crippen LogP contribution >= 0.6 is 0 Å². The van der Waals surface area contributed by atoms with Crippen LogP contribution in [0.5, 0.6) is 0 Å². The predicted octanol–water partition coefficient (Wildman–Crippen LogP) is 0.986. The zero-order valence-electron chi connectivity index (χ0n) is 12.3. The van der Waals surface area contributed by atoms with E-state index >= 15 is 0 Å². The van der Waals surface area contributed by atoms with Crippen LogP contribution in [0.4, 0.5) is 9.18 Å². The molecular formula is C17H16FN2O3-. The van der Waals surface area contributed by atoms with E-state index in [1.54, 1.807) is 36.4 Å². The number of urea groups is 1. The SMILES string of the molecule is O=C(NCc1ccccc1F)N[C@@H](Cc1ccccc1)C(=O)[O-]. The van der Waals surface area contributed by atoms with E-state index in [4.69, 9.17) is 0 Å². The van der Waals surface area contributed by atoms with E-state index in [-0.39, 0.29) is 13.0 Å². The number of carboxylic acid groups (broad SMARTS) is 1. The second kappa shape index (κ2) is 7.93. The zero-order chi connectivity index (χ0) is 16.7. The minimum absolute atomic E-state index is 0.0381. The highest BCUT2D eigenvalue weighted by molar-refractivity contribution is 5.81. The van der Waals surface area contributed by atoms with E-state index in [2.05, 4.69) is 10.6 Å². The fraction of sp³-hybridized carbons (Fsp3) is 0.176. The molecule has 0 bridgehead atoms. The lowest BCUT2D eigenvalue weighted by Crippen LogP contribution is -2.51. The number of nitrogens with one attached hydrogen (secondary N) is 2. The monoisotopic (exact) mass is 315 g/mol. The molecule has 0 spiro atoms. The molecule has 6 heteroatoms. The Bertz CT molecular complexity index is 677.